The molecule has 2 aliphatic rings. The number of rotatable bonds is 3. The van der Waals surface area contributed by atoms with Gasteiger partial charge in [0.15, 0.2) is 0 Å². The number of nitrogens with zero attached hydrogens (tertiary/aromatic N) is 3. The van der Waals surface area contributed by atoms with Crippen LogP contribution in [0.1, 0.15) is 58.8 Å². The molecule has 0 spiro atoms. The number of terminal acetylenes is 1. The first-order valence-corrected chi connectivity index (χ1v) is 10.9. The monoisotopic (exact) mass is 416 g/mol. The third-order valence-electron chi connectivity index (χ3n) is 6.31. The SMILES string of the molecule is C#Cc1ccc(C2CCN(C(=O)c3ccc(C)c(NC(=O)N4CCCC4)c3)CC2)cn1. The van der Waals surface area contributed by atoms with Gasteiger partial charge in [-0.1, -0.05) is 18.1 Å². The zero-order valence-electron chi connectivity index (χ0n) is 17.9. The van der Waals surface area contributed by atoms with Gasteiger partial charge in [0.2, 0.25) is 0 Å². The van der Waals surface area contributed by atoms with Gasteiger partial charge in [-0.05, 0) is 67.9 Å². The summed E-state index contributed by atoms with van der Waals surface area (Å²) in [5, 5.41) is 2.98. The smallest absolute Gasteiger partial charge is 0.321 e. The number of anilines is 1. The van der Waals surface area contributed by atoms with Gasteiger partial charge in [-0.15, -0.1) is 6.42 Å². The summed E-state index contributed by atoms with van der Waals surface area (Å²) in [5.74, 6) is 2.94. The number of pyridine rings is 1. The summed E-state index contributed by atoms with van der Waals surface area (Å²) in [6.45, 7) is 4.92. The molecule has 160 valence electrons. The van der Waals surface area contributed by atoms with E-state index in [0.29, 0.717) is 36.0 Å². The Balaban J connectivity index is 1.39. The summed E-state index contributed by atoms with van der Waals surface area (Å²) < 4.78 is 0. The second-order valence-corrected chi connectivity index (χ2v) is 8.34. The molecule has 0 unspecified atom stereocenters. The maximum absolute atomic E-state index is 13.1. The van der Waals surface area contributed by atoms with Crippen molar-refractivity contribution in [1.82, 2.24) is 14.8 Å². The van der Waals surface area contributed by atoms with Crippen molar-refractivity contribution in [3.8, 4) is 12.3 Å². The lowest BCUT2D eigenvalue weighted by atomic mass is 9.90. The molecule has 1 aromatic heterocycles. The normalized spacial score (nSPS) is 16.8. The predicted octanol–water partition coefficient (Wildman–Crippen LogP) is 4.02. The summed E-state index contributed by atoms with van der Waals surface area (Å²) in [4.78, 5) is 33.6. The number of aromatic nitrogens is 1. The van der Waals surface area contributed by atoms with E-state index in [1.54, 1.807) is 6.07 Å². The number of hydrogen-bond donors (Lipinski definition) is 1. The molecule has 0 atom stereocenters. The number of piperidine rings is 1. The van der Waals surface area contributed by atoms with E-state index < -0.39 is 0 Å². The summed E-state index contributed by atoms with van der Waals surface area (Å²) in [6.07, 6.45) is 11.1. The largest absolute Gasteiger partial charge is 0.339 e. The minimum atomic E-state index is -0.0875. The number of hydrogen-bond acceptors (Lipinski definition) is 3. The molecule has 2 aliphatic heterocycles. The van der Waals surface area contributed by atoms with Gasteiger partial charge in [-0.25, -0.2) is 9.78 Å². The average Bonchev–Trinajstić information content (AvgIpc) is 3.35. The lowest BCUT2D eigenvalue weighted by molar-refractivity contribution is 0.0713. The van der Waals surface area contributed by atoms with E-state index in [1.165, 1.54) is 5.56 Å². The zero-order chi connectivity index (χ0) is 21.8. The van der Waals surface area contributed by atoms with Gasteiger partial charge in [0.25, 0.3) is 5.91 Å². The Morgan fingerprint density at radius 2 is 1.81 bits per heavy atom. The zero-order valence-corrected chi connectivity index (χ0v) is 17.9. The predicted molar refractivity (Wildman–Crippen MR) is 121 cm³/mol. The van der Waals surface area contributed by atoms with Crippen molar-refractivity contribution in [1.29, 1.82) is 0 Å². The van der Waals surface area contributed by atoms with Crippen LogP contribution in [-0.4, -0.2) is 52.9 Å². The van der Waals surface area contributed by atoms with Crippen LogP contribution in [0.15, 0.2) is 36.5 Å². The molecular formula is C25H28N4O2. The summed E-state index contributed by atoms with van der Waals surface area (Å²) in [5.41, 5.74) is 4.08. The molecule has 3 amide bonds. The van der Waals surface area contributed by atoms with Crippen molar-refractivity contribution in [2.75, 3.05) is 31.5 Å². The van der Waals surface area contributed by atoms with Crippen LogP contribution in [0.5, 0.6) is 0 Å². The molecule has 31 heavy (non-hydrogen) atoms. The minimum Gasteiger partial charge on any atom is -0.339 e. The van der Waals surface area contributed by atoms with E-state index in [-0.39, 0.29) is 11.9 Å². The van der Waals surface area contributed by atoms with Crippen LogP contribution in [-0.2, 0) is 0 Å². The standard InChI is InChI=1S/C25H28N4O2/c1-3-22-9-8-21(17-26-22)19-10-14-28(15-11-19)24(30)20-7-6-18(2)23(16-20)27-25(31)29-12-4-5-13-29/h1,6-9,16-17,19H,4-5,10-15H2,2H3,(H,27,31). The highest BCUT2D eigenvalue weighted by Gasteiger charge is 2.25. The van der Waals surface area contributed by atoms with Crippen LogP contribution in [0, 0.1) is 19.3 Å². The van der Waals surface area contributed by atoms with Gasteiger partial charge in [-0.2, -0.15) is 0 Å². The third kappa shape index (κ3) is 4.72. The van der Waals surface area contributed by atoms with E-state index in [4.69, 9.17) is 6.42 Å². The third-order valence-corrected chi connectivity index (χ3v) is 6.31. The molecule has 3 heterocycles. The molecule has 2 saturated heterocycles. The van der Waals surface area contributed by atoms with E-state index in [0.717, 1.165) is 44.3 Å². The number of amides is 3. The summed E-state index contributed by atoms with van der Waals surface area (Å²) in [6, 6.07) is 9.38. The lowest BCUT2D eigenvalue weighted by Gasteiger charge is -2.32. The first-order chi connectivity index (χ1) is 15.0. The first-order valence-electron chi connectivity index (χ1n) is 10.9. The molecule has 0 radical (unpaired) electrons. The van der Waals surface area contributed by atoms with Gasteiger partial charge in [-0.3, -0.25) is 4.79 Å². The van der Waals surface area contributed by atoms with E-state index in [9.17, 15) is 9.59 Å². The minimum absolute atomic E-state index is 0.0101. The topological polar surface area (TPSA) is 65.5 Å². The number of urea groups is 1. The molecule has 0 aliphatic carbocycles. The van der Waals surface area contributed by atoms with Crippen LogP contribution < -0.4 is 5.32 Å². The average molecular weight is 417 g/mol. The Hall–Kier alpha value is -3.33. The lowest BCUT2D eigenvalue weighted by Crippen LogP contribution is -2.38. The van der Waals surface area contributed by atoms with Crippen molar-refractivity contribution in [3.05, 3.63) is 58.9 Å². The summed E-state index contributed by atoms with van der Waals surface area (Å²) >= 11 is 0. The van der Waals surface area contributed by atoms with Crippen molar-refractivity contribution in [3.63, 3.8) is 0 Å². The Labute approximate surface area is 183 Å². The van der Waals surface area contributed by atoms with Crippen molar-refractivity contribution < 1.29 is 9.59 Å². The number of nitrogens with one attached hydrogen (secondary N) is 1. The molecule has 0 bridgehead atoms. The second-order valence-electron chi connectivity index (χ2n) is 8.34. The van der Waals surface area contributed by atoms with Crippen LogP contribution in [0.3, 0.4) is 0 Å². The molecule has 1 aromatic carbocycles. The van der Waals surface area contributed by atoms with Gasteiger partial charge < -0.3 is 15.1 Å². The van der Waals surface area contributed by atoms with Gasteiger partial charge >= 0.3 is 6.03 Å². The molecule has 4 rings (SSSR count). The molecule has 2 fully saturated rings. The number of likely N-dealkylation sites (tertiary alicyclic amines) is 2. The van der Waals surface area contributed by atoms with Gasteiger partial charge in [0, 0.05) is 43.6 Å². The number of carbonyl (C=O) groups is 2. The molecule has 2 aromatic rings. The number of aryl methyl sites for hydroxylation is 1. The highest BCUT2D eigenvalue weighted by Crippen LogP contribution is 2.29. The Kier molecular flexibility index (Phi) is 6.22. The number of carbonyl (C=O) groups excluding carboxylic acids is 2. The molecule has 1 N–H and O–H groups in total. The van der Waals surface area contributed by atoms with Gasteiger partial charge in [0.05, 0.1) is 0 Å². The molecular weight excluding hydrogens is 388 g/mol. The summed E-state index contributed by atoms with van der Waals surface area (Å²) in [7, 11) is 0. The van der Waals surface area contributed by atoms with Crippen LogP contribution in [0.25, 0.3) is 0 Å². The molecule has 6 nitrogen and oxygen atoms in total. The fourth-order valence-electron chi connectivity index (χ4n) is 4.33. The fraction of sp³-hybridized carbons (Fsp3) is 0.400. The Morgan fingerprint density at radius 1 is 1.06 bits per heavy atom. The van der Waals surface area contributed by atoms with Crippen LogP contribution in [0.4, 0.5) is 10.5 Å². The molecule has 6 heteroatoms. The van der Waals surface area contributed by atoms with E-state index >= 15 is 0 Å². The highest BCUT2D eigenvalue weighted by molar-refractivity contribution is 5.97. The maximum Gasteiger partial charge on any atom is 0.321 e. The second kappa shape index (κ2) is 9.22. The number of benzene rings is 1. The van der Waals surface area contributed by atoms with Crippen molar-refractivity contribution >= 4 is 17.6 Å². The van der Waals surface area contributed by atoms with Crippen molar-refractivity contribution in [2.24, 2.45) is 0 Å². The van der Waals surface area contributed by atoms with Gasteiger partial charge in [0.1, 0.15) is 5.69 Å². The van der Waals surface area contributed by atoms with Crippen LogP contribution >= 0.6 is 0 Å². The van der Waals surface area contributed by atoms with E-state index in [2.05, 4.69) is 16.2 Å². The quantitative estimate of drug-likeness (QED) is 0.769. The first kappa shape index (κ1) is 20.9. The Bertz CT molecular complexity index is 995. The van der Waals surface area contributed by atoms with E-state index in [1.807, 2.05) is 47.2 Å². The van der Waals surface area contributed by atoms with Crippen molar-refractivity contribution in [2.45, 2.75) is 38.5 Å². The highest BCUT2D eigenvalue weighted by atomic mass is 16.2. The Morgan fingerprint density at radius 3 is 2.45 bits per heavy atom. The molecule has 0 saturated carbocycles. The fourth-order valence-corrected chi connectivity index (χ4v) is 4.33. The maximum atomic E-state index is 13.1. The van der Waals surface area contributed by atoms with Crippen LogP contribution in [0.2, 0.25) is 0 Å².